The molecule has 2 aromatic rings. The van der Waals surface area contributed by atoms with Gasteiger partial charge in [-0.05, 0) is 61.9 Å². The first-order chi connectivity index (χ1) is 13.4. The minimum Gasteiger partial charge on any atom is -0.488 e. The summed E-state index contributed by atoms with van der Waals surface area (Å²) >= 11 is 0. The van der Waals surface area contributed by atoms with Crippen LogP contribution in [-0.4, -0.2) is 35.3 Å². The van der Waals surface area contributed by atoms with Crippen molar-refractivity contribution in [2.75, 3.05) is 13.1 Å². The zero-order valence-electron chi connectivity index (χ0n) is 16.3. The van der Waals surface area contributed by atoms with E-state index in [0.29, 0.717) is 30.4 Å². The molecule has 0 bridgehead atoms. The lowest BCUT2D eigenvalue weighted by Crippen LogP contribution is -2.40. The fourth-order valence-electron chi connectivity index (χ4n) is 3.52. The van der Waals surface area contributed by atoms with E-state index in [4.69, 9.17) is 4.74 Å². The Morgan fingerprint density at radius 2 is 2.00 bits per heavy atom. The Balaban J connectivity index is 1.74. The largest absolute Gasteiger partial charge is 0.488 e. The SMILES string of the molecule is Cc1cc(C(=O)N(CC(F)F)CC2CCC2)cc(C)c1OCc1cccnc1. The number of carbonyl (C=O) groups is 1. The molecule has 6 heteroatoms. The number of rotatable bonds is 8. The zero-order chi connectivity index (χ0) is 20.1. The van der Waals surface area contributed by atoms with E-state index in [1.54, 1.807) is 24.5 Å². The monoisotopic (exact) mass is 388 g/mol. The number of benzene rings is 1. The molecule has 0 saturated heterocycles. The Hall–Kier alpha value is -2.50. The second-order valence-electron chi connectivity index (χ2n) is 7.49. The fraction of sp³-hybridized carbons (Fsp3) is 0.455. The van der Waals surface area contributed by atoms with E-state index in [9.17, 15) is 13.6 Å². The van der Waals surface area contributed by atoms with Gasteiger partial charge in [-0.1, -0.05) is 12.5 Å². The lowest BCUT2D eigenvalue weighted by Gasteiger charge is -2.32. The number of hydrogen-bond donors (Lipinski definition) is 0. The molecule has 1 aliphatic carbocycles. The molecule has 1 heterocycles. The van der Waals surface area contributed by atoms with Crippen molar-refractivity contribution in [3.8, 4) is 5.75 Å². The lowest BCUT2D eigenvalue weighted by molar-refractivity contribution is 0.0470. The molecule has 1 aromatic heterocycles. The highest BCUT2D eigenvalue weighted by Crippen LogP contribution is 2.29. The molecule has 3 rings (SSSR count). The molecule has 1 aromatic carbocycles. The van der Waals surface area contributed by atoms with Gasteiger partial charge in [0.1, 0.15) is 12.4 Å². The van der Waals surface area contributed by atoms with Gasteiger partial charge in [-0.25, -0.2) is 8.78 Å². The molecular weight excluding hydrogens is 362 g/mol. The van der Waals surface area contributed by atoms with Crippen LogP contribution in [0.4, 0.5) is 8.78 Å². The number of alkyl halides is 2. The van der Waals surface area contributed by atoms with Crippen LogP contribution in [0.25, 0.3) is 0 Å². The lowest BCUT2D eigenvalue weighted by atomic mass is 9.85. The summed E-state index contributed by atoms with van der Waals surface area (Å²) < 4.78 is 31.9. The molecule has 0 aliphatic heterocycles. The van der Waals surface area contributed by atoms with Gasteiger partial charge >= 0.3 is 0 Å². The number of halogens is 2. The minimum absolute atomic E-state index is 0.336. The summed E-state index contributed by atoms with van der Waals surface area (Å²) in [4.78, 5) is 18.3. The van der Waals surface area contributed by atoms with Crippen molar-refractivity contribution in [2.45, 2.75) is 46.1 Å². The quantitative estimate of drug-likeness (QED) is 0.653. The van der Waals surface area contributed by atoms with Crippen molar-refractivity contribution in [3.63, 3.8) is 0 Å². The highest BCUT2D eigenvalue weighted by molar-refractivity contribution is 5.95. The van der Waals surface area contributed by atoms with E-state index in [1.807, 2.05) is 26.0 Å². The molecule has 0 N–H and O–H groups in total. The third-order valence-electron chi connectivity index (χ3n) is 5.16. The summed E-state index contributed by atoms with van der Waals surface area (Å²) in [5.41, 5.74) is 3.01. The third-order valence-corrected chi connectivity index (χ3v) is 5.16. The number of pyridine rings is 1. The van der Waals surface area contributed by atoms with Crippen LogP contribution < -0.4 is 4.74 Å². The van der Waals surface area contributed by atoms with E-state index in [1.165, 1.54) is 4.90 Å². The summed E-state index contributed by atoms with van der Waals surface area (Å²) in [6.45, 7) is 3.99. The van der Waals surface area contributed by atoms with Crippen LogP contribution >= 0.6 is 0 Å². The first kappa shape index (κ1) is 20.2. The van der Waals surface area contributed by atoms with Crippen molar-refractivity contribution < 1.29 is 18.3 Å². The Morgan fingerprint density at radius 1 is 1.29 bits per heavy atom. The topological polar surface area (TPSA) is 42.4 Å². The molecule has 1 amide bonds. The molecular formula is C22H26F2N2O2. The number of aryl methyl sites for hydroxylation is 2. The van der Waals surface area contributed by atoms with Gasteiger partial charge in [0, 0.05) is 30.1 Å². The summed E-state index contributed by atoms with van der Waals surface area (Å²) in [6, 6.07) is 7.23. The average Bonchev–Trinajstić information content (AvgIpc) is 2.62. The predicted molar refractivity (Wildman–Crippen MR) is 104 cm³/mol. The number of aromatic nitrogens is 1. The molecule has 1 aliphatic rings. The molecule has 1 saturated carbocycles. The third kappa shape index (κ3) is 5.06. The normalized spacial score (nSPS) is 14.0. The zero-order valence-corrected chi connectivity index (χ0v) is 16.3. The summed E-state index contributed by atoms with van der Waals surface area (Å²) in [5.74, 6) is 0.712. The number of amides is 1. The van der Waals surface area contributed by atoms with Gasteiger partial charge in [0.25, 0.3) is 12.3 Å². The van der Waals surface area contributed by atoms with Gasteiger partial charge in [0.2, 0.25) is 0 Å². The number of nitrogens with zero attached hydrogens (tertiary/aromatic N) is 2. The fourth-order valence-corrected chi connectivity index (χ4v) is 3.52. The van der Waals surface area contributed by atoms with Crippen LogP contribution in [0.2, 0.25) is 0 Å². The molecule has 0 unspecified atom stereocenters. The maximum Gasteiger partial charge on any atom is 0.255 e. The van der Waals surface area contributed by atoms with Crippen molar-refractivity contribution in [1.29, 1.82) is 0 Å². The van der Waals surface area contributed by atoms with Crippen LogP contribution in [-0.2, 0) is 6.61 Å². The Labute approximate surface area is 164 Å². The maximum absolute atomic E-state index is 13.0. The van der Waals surface area contributed by atoms with E-state index < -0.39 is 13.0 Å². The second kappa shape index (κ2) is 9.13. The molecule has 0 spiro atoms. The molecule has 4 nitrogen and oxygen atoms in total. The molecule has 0 radical (unpaired) electrons. The average molecular weight is 388 g/mol. The molecule has 0 atom stereocenters. The van der Waals surface area contributed by atoms with Crippen LogP contribution in [0.1, 0.15) is 46.3 Å². The number of hydrogen-bond acceptors (Lipinski definition) is 3. The summed E-state index contributed by atoms with van der Waals surface area (Å²) in [5, 5.41) is 0. The van der Waals surface area contributed by atoms with Crippen LogP contribution in [0.15, 0.2) is 36.7 Å². The van der Waals surface area contributed by atoms with E-state index >= 15 is 0 Å². The van der Waals surface area contributed by atoms with Gasteiger partial charge in [-0.2, -0.15) is 0 Å². The maximum atomic E-state index is 13.0. The van der Waals surface area contributed by atoms with Gasteiger partial charge in [-0.3, -0.25) is 9.78 Å². The predicted octanol–water partition coefficient (Wildman–Crippen LogP) is 4.78. The summed E-state index contributed by atoms with van der Waals surface area (Å²) in [6.07, 6.45) is 4.04. The Bertz CT molecular complexity index is 784. The van der Waals surface area contributed by atoms with Crippen LogP contribution in [0, 0.1) is 19.8 Å². The highest BCUT2D eigenvalue weighted by Gasteiger charge is 2.27. The first-order valence-corrected chi connectivity index (χ1v) is 9.64. The van der Waals surface area contributed by atoms with Crippen LogP contribution in [0.3, 0.4) is 0 Å². The molecule has 28 heavy (non-hydrogen) atoms. The van der Waals surface area contributed by atoms with Crippen LogP contribution in [0.5, 0.6) is 5.75 Å². The van der Waals surface area contributed by atoms with E-state index in [2.05, 4.69) is 4.98 Å². The van der Waals surface area contributed by atoms with Crippen molar-refractivity contribution >= 4 is 5.91 Å². The summed E-state index contributed by atoms with van der Waals surface area (Å²) in [7, 11) is 0. The Morgan fingerprint density at radius 3 is 2.54 bits per heavy atom. The second-order valence-corrected chi connectivity index (χ2v) is 7.49. The smallest absolute Gasteiger partial charge is 0.255 e. The van der Waals surface area contributed by atoms with E-state index in [0.717, 1.165) is 36.0 Å². The molecule has 150 valence electrons. The van der Waals surface area contributed by atoms with Gasteiger partial charge in [0.05, 0.1) is 6.54 Å². The van der Waals surface area contributed by atoms with E-state index in [-0.39, 0.29) is 5.91 Å². The number of ether oxygens (including phenoxy) is 1. The van der Waals surface area contributed by atoms with Gasteiger partial charge < -0.3 is 9.64 Å². The van der Waals surface area contributed by atoms with Gasteiger partial charge in [0.15, 0.2) is 0 Å². The standard InChI is InChI=1S/C22H26F2N2O2/c1-15-9-19(22(27)26(13-20(23)24)12-17-5-3-6-17)10-16(2)21(15)28-14-18-7-4-8-25-11-18/h4,7-11,17,20H,3,5-6,12-14H2,1-2H3. The molecule has 1 fully saturated rings. The minimum atomic E-state index is -2.53. The van der Waals surface area contributed by atoms with Crippen molar-refractivity contribution in [1.82, 2.24) is 9.88 Å². The highest BCUT2D eigenvalue weighted by atomic mass is 19.3. The van der Waals surface area contributed by atoms with Crippen molar-refractivity contribution in [2.24, 2.45) is 5.92 Å². The first-order valence-electron chi connectivity index (χ1n) is 9.64. The van der Waals surface area contributed by atoms with Crippen molar-refractivity contribution in [3.05, 3.63) is 58.9 Å². The Kier molecular flexibility index (Phi) is 6.60. The van der Waals surface area contributed by atoms with Gasteiger partial charge in [-0.15, -0.1) is 0 Å². The number of carbonyl (C=O) groups excluding carboxylic acids is 1.